The van der Waals surface area contributed by atoms with Crippen molar-refractivity contribution in [2.24, 2.45) is 0 Å². The Morgan fingerprint density at radius 3 is 2.65 bits per heavy atom. The van der Waals surface area contributed by atoms with Gasteiger partial charge in [0.1, 0.15) is 17.8 Å². The van der Waals surface area contributed by atoms with Crippen LogP contribution in [0.3, 0.4) is 0 Å². The second-order valence-corrected chi connectivity index (χ2v) is 9.75. The predicted octanol–water partition coefficient (Wildman–Crippen LogP) is 2.75. The van der Waals surface area contributed by atoms with E-state index in [0.29, 0.717) is 10.7 Å². The van der Waals surface area contributed by atoms with Gasteiger partial charge in [0.15, 0.2) is 0 Å². The molecule has 1 N–H and O–H groups in total. The van der Waals surface area contributed by atoms with Gasteiger partial charge in [0.25, 0.3) is 0 Å². The number of sulfonamides is 1. The second kappa shape index (κ2) is 6.93. The van der Waals surface area contributed by atoms with Gasteiger partial charge in [0.05, 0.1) is 16.3 Å². The van der Waals surface area contributed by atoms with E-state index in [1.54, 1.807) is 19.4 Å². The molecule has 0 bridgehead atoms. The number of aromatic amines is 1. The molecule has 0 aliphatic heterocycles. The number of nitrogens with zero attached hydrogens (tertiary/aromatic N) is 5. The summed E-state index contributed by atoms with van der Waals surface area (Å²) in [5, 5.41) is 15.1. The van der Waals surface area contributed by atoms with Gasteiger partial charge in [-0.25, -0.2) is 8.42 Å². The highest BCUT2D eigenvalue weighted by Gasteiger charge is 2.27. The van der Waals surface area contributed by atoms with Crippen molar-refractivity contribution in [3.8, 4) is 10.6 Å². The molecule has 0 saturated heterocycles. The Kier molecular flexibility index (Phi) is 5.00. The van der Waals surface area contributed by atoms with Gasteiger partial charge in [-0.15, -0.1) is 21.5 Å². The maximum absolute atomic E-state index is 13.1. The van der Waals surface area contributed by atoms with Crippen molar-refractivity contribution in [3.05, 3.63) is 34.9 Å². The Bertz CT molecular complexity index is 1020. The topological polar surface area (TPSA) is 96.8 Å². The van der Waals surface area contributed by atoms with Crippen LogP contribution >= 0.6 is 11.3 Å². The molecule has 0 unspecified atom stereocenters. The molecule has 0 aliphatic rings. The first kappa shape index (κ1) is 18.7. The van der Waals surface area contributed by atoms with Gasteiger partial charge in [0.2, 0.25) is 10.0 Å². The van der Waals surface area contributed by atoms with Crippen LogP contribution in [0.2, 0.25) is 0 Å². The van der Waals surface area contributed by atoms with Gasteiger partial charge in [0, 0.05) is 23.7 Å². The summed E-state index contributed by atoms with van der Waals surface area (Å²) in [5.41, 5.74) is 1.68. The largest absolute Gasteiger partial charge is 0.314 e. The fraction of sp³-hybridized carbons (Fsp3) is 0.438. The summed E-state index contributed by atoms with van der Waals surface area (Å²) in [6.45, 7) is 7.88. The third-order valence-corrected chi connectivity index (χ3v) is 7.22. The second-order valence-electron chi connectivity index (χ2n) is 6.48. The molecule has 0 saturated carbocycles. The molecule has 0 radical (unpaired) electrons. The molecule has 0 aromatic carbocycles. The Morgan fingerprint density at radius 1 is 1.31 bits per heavy atom. The van der Waals surface area contributed by atoms with E-state index in [-0.39, 0.29) is 12.6 Å². The first-order chi connectivity index (χ1) is 12.2. The molecule has 26 heavy (non-hydrogen) atoms. The van der Waals surface area contributed by atoms with Crippen LogP contribution in [0.4, 0.5) is 0 Å². The normalized spacial score (nSPS) is 12.4. The summed E-state index contributed by atoms with van der Waals surface area (Å²) < 4.78 is 29.3. The molecule has 0 amide bonds. The van der Waals surface area contributed by atoms with Crippen molar-refractivity contribution < 1.29 is 8.42 Å². The highest BCUT2D eigenvalue weighted by Crippen LogP contribution is 2.34. The van der Waals surface area contributed by atoms with Crippen LogP contribution in [0.5, 0.6) is 0 Å². The Hall–Kier alpha value is -2.04. The molecular formula is C16H22N6O2S2. The third kappa shape index (κ3) is 3.44. The average Bonchev–Trinajstić information content (AvgIpc) is 3.26. The highest BCUT2D eigenvalue weighted by molar-refractivity contribution is 7.89. The lowest BCUT2D eigenvalue weighted by molar-refractivity contribution is 0.436. The number of H-pyrrole nitrogens is 1. The molecular weight excluding hydrogens is 372 g/mol. The number of hydrogen-bond acceptors (Lipinski definition) is 6. The van der Waals surface area contributed by atoms with Crippen LogP contribution < -0.4 is 0 Å². The lowest BCUT2D eigenvalue weighted by atomic mass is 10.3. The lowest BCUT2D eigenvalue weighted by Crippen LogP contribution is -2.28. The molecule has 8 nitrogen and oxygen atoms in total. The Labute approximate surface area is 156 Å². The van der Waals surface area contributed by atoms with E-state index in [4.69, 9.17) is 0 Å². The van der Waals surface area contributed by atoms with Crippen LogP contribution in [0.1, 0.15) is 36.3 Å². The molecule has 0 fully saturated rings. The van der Waals surface area contributed by atoms with Crippen LogP contribution in [-0.4, -0.2) is 44.7 Å². The number of thiophene rings is 1. The summed E-state index contributed by atoms with van der Waals surface area (Å²) in [5.74, 6) is 0.613. The van der Waals surface area contributed by atoms with Crippen molar-refractivity contribution in [2.45, 2.75) is 45.2 Å². The van der Waals surface area contributed by atoms with E-state index in [0.717, 1.165) is 21.1 Å². The van der Waals surface area contributed by atoms with Crippen molar-refractivity contribution in [2.75, 3.05) is 7.05 Å². The average molecular weight is 395 g/mol. The van der Waals surface area contributed by atoms with Gasteiger partial charge in [-0.2, -0.15) is 9.40 Å². The summed E-state index contributed by atoms with van der Waals surface area (Å²) >= 11 is 1.42. The van der Waals surface area contributed by atoms with Crippen molar-refractivity contribution in [1.82, 2.24) is 29.3 Å². The van der Waals surface area contributed by atoms with Crippen LogP contribution in [-0.2, 0) is 16.6 Å². The third-order valence-electron chi connectivity index (χ3n) is 4.09. The summed E-state index contributed by atoms with van der Waals surface area (Å²) in [4.78, 5) is 1.86. The first-order valence-corrected chi connectivity index (χ1v) is 10.4. The molecule has 3 aromatic heterocycles. The lowest BCUT2D eigenvalue weighted by Gasteiger charge is -2.18. The molecule has 3 heterocycles. The smallest absolute Gasteiger partial charge is 0.244 e. The maximum atomic E-state index is 13.1. The zero-order chi connectivity index (χ0) is 19.1. The molecule has 3 rings (SSSR count). The fourth-order valence-corrected chi connectivity index (χ4v) is 5.30. The molecule has 3 aromatic rings. The Balaban J connectivity index is 1.90. The molecule has 0 aliphatic carbocycles. The molecule has 140 valence electrons. The number of rotatable bonds is 6. The standard InChI is InChI=1S/C16H22N6O2S2/c1-10(2)22-9-17-20-16(22)8-21(5)26(23,24)15-7-14(25-12(15)4)13-6-11(3)18-19-13/h6-7,9-10H,8H2,1-5H3,(H,18,19). The summed E-state index contributed by atoms with van der Waals surface area (Å²) in [6.07, 6.45) is 1.62. The maximum Gasteiger partial charge on any atom is 0.244 e. The van der Waals surface area contributed by atoms with Crippen LogP contribution in [0, 0.1) is 13.8 Å². The molecule has 10 heteroatoms. The van der Waals surface area contributed by atoms with Crippen molar-refractivity contribution in [1.29, 1.82) is 0 Å². The quantitative estimate of drug-likeness (QED) is 0.693. The minimum absolute atomic E-state index is 0.159. The van der Waals surface area contributed by atoms with Crippen molar-refractivity contribution >= 4 is 21.4 Å². The zero-order valence-corrected chi connectivity index (χ0v) is 17.0. The number of aryl methyl sites for hydroxylation is 2. The summed E-state index contributed by atoms with van der Waals surface area (Å²) in [7, 11) is -2.08. The SMILES string of the molecule is Cc1cc(-c2cc(S(=O)(=O)N(C)Cc3nncn3C(C)C)c(C)s2)n[nH]1. The van der Waals surface area contributed by atoms with Gasteiger partial charge in [-0.3, -0.25) is 5.10 Å². The van der Waals surface area contributed by atoms with E-state index in [1.807, 2.05) is 38.3 Å². The van der Waals surface area contributed by atoms with E-state index >= 15 is 0 Å². The Morgan fingerprint density at radius 2 is 2.04 bits per heavy atom. The van der Waals surface area contributed by atoms with Gasteiger partial charge in [-0.05, 0) is 39.8 Å². The number of aromatic nitrogens is 5. The van der Waals surface area contributed by atoms with E-state index < -0.39 is 10.0 Å². The van der Waals surface area contributed by atoms with Crippen LogP contribution in [0.25, 0.3) is 10.6 Å². The van der Waals surface area contributed by atoms with Gasteiger partial charge < -0.3 is 4.57 Å². The monoisotopic (exact) mass is 394 g/mol. The van der Waals surface area contributed by atoms with E-state index in [1.165, 1.54) is 15.6 Å². The van der Waals surface area contributed by atoms with E-state index in [9.17, 15) is 8.42 Å². The van der Waals surface area contributed by atoms with Crippen LogP contribution in [0.15, 0.2) is 23.4 Å². The van der Waals surface area contributed by atoms with Gasteiger partial charge >= 0.3 is 0 Å². The predicted molar refractivity (Wildman–Crippen MR) is 100 cm³/mol. The molecule has 0 spiro atoms. The van der Waals surface area contributed by atoms with Crippen molar-refractivity contribution in [3.63, 3.8) is 0 Å². The summed E-state index contributed by atoms with van der Waals surface area (Å²) in [6, 6.07) is 3.75. The van der Waals surface area contributed by atoms with E-state index in [2.05, 4.69) is 20.4 Å². The zero-order valence-electron chi connectivity index (χ0n) is 15.4. The fourth-order valence-electron chi connectivity index (χ4n) is 2.66. The minimum atomic E-state index is -3.64. The first-order valence-electron chi connectivity index (χ1n) is 8.17. The number of hydrogen-bond donors (Lipinski definition) is 1. The van der Waals surface area contributed by atoms with Gasteiger partial charge in [-0.1, -0.05) is 0 Å². The highest BCUT2D eigenvalue weighted by atomic mass is 32.2. The minimum Gasteiger partial charge on any atom is -0.314 e. The molecule has 0 atom stereocenters. The number of nitrogens with one attached hydrogen (secondary N) is 1.